The molecule has 1 aliphatic rings. The molecular formula is C11H17N3O2S. The number of nitrogens with one attached hydrogen (secondary N) is 1. The number of sulfone groups is 1. The lowest BCUT2D eigenvalue weighted by Gasteiger charge is -2.11. The molecule has 17 heavy (non-hydrogen) atoms. The van der Waals surface area contributed by atoms with Crippen LogP contribution >= 0.6 is 0 Å². The van der Waals surface area contributed by atoms with Crippen molar-refractivity contribution in [3.8, 4) is 0 Å². The molecule has 1 aliphatic heterocycles. The average Bonchev–Trinajstić information content (AvgIpc) is 2.60. The molecule has 0 aromatic carbocycles. The van der Waals surface area contributed by atoms with Crippen molar-refractivity contribution in [1.82, 2.24) is 4.98 Å². The van der Waals surface area contributed by atoms with E-state index in [-0.39, 0.29) is 11.7 Å². The third kappa shape index (κ3) is 3.09. The minimum Gasteiger partial charge on any atom is -0.398 e. The van der Waals surface area contributed by atoms with Crippen molar-refractivity contribution in [2.45, 2.75) is 13.3 Å². The molecular weight excluding hydrogens is 238 g/mol. The summed E-state index contributed by atoms with van der Waals surface area (Å²) >= 11 is 0. The predicted molar refractivity (Wildman–Crippen MR) is 68.6 cm³/mol. The fourth-order valence-electron chi connectivity index (χ4n) is 1.92. The molecule has 1 aromatic heterocycles. The first-order valence-corrected chi connectivity index (χ1v) is 7.45. The maximum absolute atomic E-state index is 11.3. The van der Waals surface area contributed by atoms with Crippen LogP contribution in [0.3, 0.4) is 0 Å². The normalized spacial score (nSPS) is 22.5. The van der Waals surface area contributed by atoms with Crippen LogP contribution in [0.25, 0.3) is 0 Å². The van der Waals surface area contributed by atoms with Crippen molar-refractivity contribution in [3.05, 3.63) is 17.8 Å². The number of aryl methyl sites for hydroxylation is 1. The zero-order chi connectivity index (χ0) is 12.5. The number of rotatable bonds is 3. The Labute approximate surface area is 101 Å². The number of nitrogen functional groups attached to an aromatic ring is 1. The summed E-state index contributed by atoms with van der Waals surface area (Å²) < 4.78 is 22.6. The van der Waals surface area contributed by atoms with E-state index in [1.165, 1.54) is 0 Å². The summed E-state index contributed by atoms with van der Waals surface area (Å²) in [5.74, 6) is 1.48. The SMILES string of the molecule is Cc1cnc(NCC2CCS(=O)(=O)C2)cc1N. The van der Waals surface area contributed by atoms with E-state index >= 15 is 0 Å². The van der Waals surface area contributed by atoms with Crippen LogP contribution in [0.2, 0.25) is 0 Å². The Morgan fingerprint density at radius 1 is 1.59 bits per heavy atom. The van der Waals surface area contributed by atoms with Crippen molar-refractivity contribution >= 4 is 21.3 Å². The highest BCUT2D eigenvalue weighted by atomic mass is 32.2. The molecule has 1 saturated heterocycles. The molecule has 0 saturated carbocycles. The molecule has 3 N–H and O–H groups in total. The zero-order valence-corrected chi connectivity index (χ0v) is 10.6. The van der Waals surface area contributed by atoms with Gasteiger partial charge in [0.1, 0.15) is 5.82 Å². The van der Waals surface area contributed by atoms with Crippen LogP contribution in [-0.4, -0.2) is 31.5 Å². The van der Waals surface area contributed by atoms with Crippen molar-refractivity contribution < 1.29 is 8.42 Å². The van der Waals surface area contributed by atoms with E-state index < -0.39 is 9.84 Å². The third-order valence-corrected chi connectivity index (χ3v) is 4.88. The van der Waals surface area contributed by atoms with E-state index in [9.17, 15) is 8.42 Å². The fraction of sp³-hybridized carbons (Fsp3) is 0.545. The molecule has 2 rings (SSSR count). The number of anilines is 2. The summed E-state index contributed by atoms with van der Waals surface area (Å²) in [5, 5.41) is 3.14. The molecule has 0 aliphatic carbocycles. The number of nitrogens with two attached hydrogens (primary N) is 1. The molecule has 1 atom stereocenters. The molecule has 5 nitrogen and oxygen atoms in total. The minimum absolute atomic E-state index is 0.185. The lowest BCUT2D eigenvalue weighted by Crippen LogP contribution is -2.16. The molecule has 0 bridgehead atoms. The summed E-state index contributed by atoms with van der Waals surface area (Å²) in [5.41, 5.74) is 7.41. The lowest BCUT2D eigenvalue weighted by molar-refractivity contribution is 0.595. The Morgan fingerprint density at radius 3 is 2.94 bits per heavy atom. The topological polar surface area (TPSA) is 85.1 Å². The average molecular weight is 255 g/mol. The molecule has 0 spiro atoms. The van der Waals surface area contributed by atoms with Gasteiger partial charge in [0, 0.05) is 24.5 Å². The molecule has 6 heteroatoms. The second-order valence-corrected chi connectivity index (χ2v) is 6.80. The van der Waals surface area contributed by atoms with Gasteiger partial charge in [0.2, 0.25) is 0 Å². The number of hydrogen-bond donors (Lipinski definition) is 2. The molecule has 1 aromatic rings. The molecule has 1 fully saturated rings. The summed E-state index contributed by atoms with van der Waals surface area (Å²) in [4.78, 5) is 4.20. The Balaban J connectivity index is 1.92. The van der Waals surface area contributed by atoms with E-state index in [2.05, 4.69) is 10.3 Å². The lowest BCUT2D eigenvalue weighted by atomic mass is 10.1. The zero-order valence-electron chi connectivity index (χ0n) is 9.81. The fourth-order valence-corrected chi connectivity index (χ4v) is 3.78. The highest BCUT2D eigenvalue weighted by molar-refractivity contribution is 7.91. The van der Waals surface area contributed by atoms with Crippen LogP contribution in [0.15, 0.2) is 12.3 Å². The largest absolute Gasteiger partial charge is 0.398 e. The van der Waals surface area contributed by atoms with E-state index in [0.717, 1.165) is 12.0 Å². The molecule has 94 valence electrons. The highest BCUT2D eigenvalue weighted by Crippen LogP contribution is 2.19. The Hall–Kier alpha value is -1.30. The summed E-state index contributed by atoms with van der Waals surface area (Å²) in [6, 6.07) is 1.78. The summed E-state index contributed by atoms with van der Waals surface area (Å²) in [6.07, 6.45) is 2.44. The number of hydrogen-bond acceptors (Lipinski definition) is 5. The number of nitrogens with zero attached hydrogens (tertiary/aromatic N) is 1. The summed E-state index contributed by atoms with van der Waals surface area (Å²) in [6.45, 7) is 2.53. The van der Waals surface area contributed by atoms with E-state index in [0.29, 0.717) is 23.8 Å². The molecule has 2 heterocycles. The van der Waals surface area contributed by atoms with Gasteiger partial charge in [-0.15, -0.1) is 0 Å². The second-order valence-electron chi connectivity index (χ2n) is 4.58. The van der Waals surface area contributed by atoms with E-state index in [1.807, 2.05) is 6.92 Å². The second kappa shape index (κ2) is 4.52. The first kappa shape index (κ1) is 12.2. The maximum Gasteiger partial charge on any atom is 0.150 e. The van der Waals surface area contributed by atoms with Gasteiger partial charge in [-0.1, -0.05) is 0 Å². The molecule has 0 amide bonds. The Morgan fingerprint density at radius 2 is 2.35 bits per heavy atom. The first-order valence-electron chi connectivity index (χ1n) is 5.63. The van der Waals surface area contributed by atoms with Crippen molar-refractivity contribution in [1.29, 1.82) is 0 Å². The monoisotopic (exact) mass is 255 g/mol. The van der Waals surface area contributed by atoms with Crippen molar-refractivity contribution in [2.24, 2.45) is 5.92 Å². The Kier molecular flexibility index (Phi) is 3.24. The van der Waals surface area contributed by atoms with Gasteiger partial charge >= 0.3 is 0 Å². The van der Waals surface area contributed by atoms with Gasteiger partial charge in [-0.05, 0) is 24.8 Å². The minimum atomic E-state index is -2.80. The van der Waals surface area contributed by atoms with Gasteiger partial charge in [-0.3, -0.25) is 0 Å². The van der Waals surface area contributed by atoms with Gasteiger partial charge < -0.3 is 11.1 Å². The van der Waals surface area contributed by atoms with Crippen LogP contribution in [-0.2, 0) is 9.84 Å². The standard InChI is InChI=1S/C11H17N3O2S/c1-8-5-13-11(4-10(8)12)14-6-9-2-3-17(15,16)7-9/h4-5,9H,2-3,6-7H2,1H3,(H3,12,13,14). The van der Waals surface area contributed by atoms with Crippen molar-refractivity contribution in [3.63, 3.8) is 0 Å². The van der Waals surface area contributed by atoms with E-state index in [4.69, 9.17) is 5.73 Å². The smallest absolute Gasteiger partial charge is 0.150 e. The number of pyridine rings is 1. The molecule has 0 radical (unpaired) electrons. The van der Waals surface area contributed by atoms with Crippen LogP contribution in [0.1, 0.15) is 12.0 Å². The Bertz CT molecular complexity index is 513. The maximum atomic E-state index is 11.3. The van der Waals surface area contributed by atoms with Crippen LogP contribution in [0, 0.1) is 12.8 Å². The van der Waals surface area contributed by atoms with Gasteiger partial charge in [-0.25, -0.2) is 13.4 Å². The molecule has 1 unspecified atom stereocenters. The van der Waals surface area contributed by atoms with Gasteiger partial charge in [0.05, 0.1) is 11.5 Å². The highest BCUT2D eigenvalue weighted by Gasteiger charge is 2.27. The third-order valence-electron chi connectivity index (χ3n) is 3.04. The van der Waals surface area contributed by atoms with Crippen LogP contribution in [0.4, 0.5) is 11.5 Å². The van der Waals surface area contributed by atoms with Crippen LogP contribution < -0.4 is 11.1 Å². The quantitative estimate of drug-likeness (QED) is 0.835. The van der Waals surface area contributed by atoms with Gasteiger partial charge in [-0.2, -0.15) is 0 Å². The van der Waals surface area contributed by atoms with Gasteiger partial charge in [0.25, 0.3) is 0 Å². The summed E-state index contributed by atoms with van der Waals surface area (Å²) in [7, 11) is -2.80. The van der Waals surface area contributed by atoms with Crippen LogP contribution in [0.5, 0.6) is 0 Å². The van der Waals surface area contributed by atoms with E-state index in [1.54, 1.807) is 12.3 Å². The predicted octanol–water partition coefficient (Wildman–Crippen LogP) is 0.819. The first-order chi connectivity index (χ1) is 7.96. The number of aromatic nitrogens is 1. The van der Waals surface area contributed by atoms with Gasteiger partial charge in [0.15, 0.2) is 9.84 Å². The van der Waals surface area contributed by atoms with Crippen molar-refractivity contribution in [2.75, 3.05) is 29.1 Å².